The number of rotatable bonds is 6. The SMILES string of the molecule is O=C(NCc1cc(F)c(N2CCN(S(=O)(=O)C(F)(F)F)C=N2)c(F)c1)OCc1ccccc1. The number of hydrogen-bond donors (Lipinski definition) is 1. The van der Waals surface area contributed by atoms with Gasteiger partial charge in [-0.05, 0) is 23.3 Å². The van der Waals surface area contributed by atoms with Crippen LogP contribution in [0.3, 0.4) is 0 Å². The summed E-state index contributed by atoms with van der Waals surface area (Å²) in [6.07, 6.45) is -0.473. The number of hydrogen-bond acceptors (Lipinski definition) is 6. The molecule has 33 heavy (non-hydrogen) atoms. The molecule has 0 unspecified atom stereocenters. The molecule has 0 aromatic heterocycles. The largest absolute Gasteiger partial charge is 0.516 e. The van der Waals surface area contributed by atoms with Gasteiger partial charge >= 0.3 is 21.6 Å². The van der Waals surface area contributed by atoms with E-state index in [0.29, 0.717) is 11.3 Å². The van der Waals surface area contributed by atoms with Crippen molar-refractivity contribution in [3.05, 3.63) is 65.2 Å². The zero-order valence-corrected chi connectivity index (χ0v) is 17.5. The van der Waals surface area contributed by atoms with Crippen LogP contribution in [0.15, 0.2) is 47.6 Å². The van der Waals surface area contributed by atoms with Crippen molar-refractivity contribution in [1.82, 2.24) is 9.62 Å². The van der Waals surface area contributed by atoms with Crippen LogP contribution >= 0.6 is 0 Å². The van der Waals surface area contributed by atoms with Crippen molar-refractivity contribution in [3.8, 4) is 0 Å². The minimum Gasteiger partial charge on any atom is -0.445 e. The molecule has 3 rings (SSSR count). The predicted octanol–water partition coefficient (Wildman–Crippen LogP) is 3.31. The van der Waals surface area contributed by atoms with E-state index in [2.05, 4.69) is 10.4 Å². The number of hydrazone groups is 1. The highest BCUT2D eigenvalue weighted by Gasteiger charge is 2.50. The lowest BCUT2D eigenvalue weighted by Crippen LogP contribution is -2.46. The van der Waals surface area contributed by atoms with Crippen LogP contribution in [0.4, 0.5) is 32.4 Å². The van der Waals surface area contributed by atoms with Gasteiger partial charge in [0.15, 0.2) is 11.6 Å². The molecule has 0 atom stereocenters. The molecule has 1 aliphatic rings. The number of alkyl halides is 3. The number of anilines is 1. The maximum Gasteiger partial charge on any atom is 0.516 e. The fourth-order valence-corrected chi connectivity index (χ4v) is 3.58. The van der Waals surface area contributed by atoms with Crippen molar-refractivity contribution in [2.24, 2.45) is 5.10 Å². The summed E-state index contributed by atoms with van der Waals surface area (Å²) in [7, 11) is -5.65. The minimum absolute atomic E-state index is 0.00236. The van der Waals surface area contributed by atoms with Crippen LogP contribution in [-0.4, -0.2) is 43.8 Å². The molecule has 1 aliphatic heterocycles. The smallest absolute Gasteiger partial charge is 0.445 e. The highest BCUT2D eigenvalue weighted by atomic mass is 32.2. The summed E-state index contributed by atoms with van der Waals surface area (Å²) in [4.78, 5) is 11.8. The molecule has 2 aromatic carbocycles. The minimum atomic E-state index is -5.65. The van der Waals surface area contributed by atoms with Gasteiger partial charge in [0.05, 0.1) is 13.1 Å². The van der Waals surface area contributed by atoms with E-state index in [-0.39, 0.29) is 23.0 Å². The molecule has 0 fully saturated rings. The van der Waals surface area contributed by atoms with Gasteiger partial charge in [0.25, 0.3) is 0 Å². The van der Waals surface area contributed by atoms with E-state index in [0.717, 1.165) is 17.7 Å². The van der Waals surface area contributed by atoms with E-state index in [9.17, 15) is 35.2 Å². The maximum atomic E-state index is 14.5. The molecule has 1 heterocycles. The highest BCUT2D eigenvalue weighted by Crippen LogP contribution is 2.29. The zero-order valence-electron chi connectivity index (χ0n) is 16.7. The molecule has 178 valence electrons. The number of nitrogens with zero attached hydrogens (tertiary/aromatic N) is 3. The van der Waals surface area contributed by atoms with Crippen LogP contribution < -0.4 is 10.3 Å². The van der Waals surface area contributed by atoms with E-state index >= 15 is 0 Å². The van der Waals surface area contributed by atoms with Gasteiger partial charge in [0, 0.05) is 6.54 Å². The highest BCUT2D eigenvalue weighted by molar-refractivity contribution is 7.90. The Morgan fingerprint density at radius 2 is 1.70 bits per heavy atom. The monoisotopic (exact) mass is 492 g/mol. The van der Waals surface area contributed by atoms with Crippen molar-refractivity contribution in [2.45, 2.75) is 18.7 Å². The molecule has 0 saturated carbocycles. The average Bonchev–Trinajstić information content (AvgIpc) is 2.76. The number of sulfonamides is 1. The lowest BCUT2D eigenvalue weighted by Gasteiger charge is -2.30. The van der Waals surface area contributed by atoms with E-state index < -0.39 is 52.0 Å². The molecule has 0 aliphatic carbocycles. The molecule has 0 saturated heterocycles. The standard InChI is InChI=1S/C19H17F5N4O4S/c20-15-8-14(10-25-18(29)32-11-13-4-2-1-3-5-13)9-16(21)17(15)28-7-6-27(12-26-28)33(30,31)19(22,23)24/h1-5,8-9,12H,6-7,10-11H2,(H,25,29). The molecule has 0 spiro atoms. The third-order valence-corrected chi connectivity index (χ3v) is 5.92. The third kappa shape index (κ3) is 5.69. The van der Waals surface area contributed by atoms with E-state index in [1.54, 1.807) is 30.3 Å². The lowest BCUT2D eigenvalue weighted by atomic mass is 10.1. The van der Waals surface area contributed by atoms with Gasteiger partial charge in [-0.1, -0.05) is 30.3 Å². The van der Waals surface area contributed by atoms with Crippen LogP contribution in [0.2, 0.25) is 0 Å². The van der Waals surface area contributed by atoms with E-state index in [4.69, 9.17) is 4.74 Å². The summed E-state index contributed by atoms with van der Waals surface area (Å²) >= 11 is 0. The molecule has 0 radical (unpaired) electrons. The summed E-state index contributed by atoms with van der Waals surface area (Å²) < 4.78 is 94.5. The Labute approximate surface area is 185 Å². The van der Waals surface area contributed by atoms with E-state index in [1.807, 2.05) is 0 Å². The molecule has 14 heteroatoms. The number of nitrogens with one attached hydrogen (secondary N) is 1. The van der Waals surface area contributed by atoms with Gasteiger partial charge in [-0.3, -0.25) is 5.01 Å². The fourth-order valence-electron chi connectivity index (χ4n) is 2.83. The number of carbonyl (C=O) groups is 1. The number of halogens is 5. The van der Waals surface area contributed by atoms with Gasteiger partial charge in [-0.2, -0.15) is 26.7 Å². The molecular formula is C19H17F5N4O4S. The van der Waals surface area contributed by atoms with Gasteiger partial charge in [-0.25, -0.2) is 17.9 Å². The predicted molar refractivity (Wildman–Crippen MR) is 107 cm³/mol. The van der Waals surface area contributed by atoms with Crippen LogP contribution in [0.5, 0.6) is 0 Å². The second kappa shape index (κ2) is 9.60. The molecule has 0 bridgehead atoms. The topological polar surface area (TPSA) is 91.3 Å². The lowest BCUT2D eigenvalue weighted by molar-refractivity contribution is -0.0471. The van der Waals surface area contributed by atoms with Gasteiger partial charge < -0.3 is 10.1 Å². The van der Waals surface area contributed by atoms with Crippen LogP contribution in [0, 0.1) is 11.6 Å². The number of amides is 1. The molecule has 1 amide bonds. The number of carbonyl (C=O) groups excluding carboxylic acids is 1. The van der Waals surface area contributed by atoms with Crippen LogP contribution in [0.1, 0.15) is 11.1 Å². The quantitative estimate of drug-likeness (QED) is 0.625. The molecule has 8 nitrogen and oxygen atoms in total. The Kier molecular flexibility index (Phi) is 7.05. The van der Waals surface area contributed by atoms with E-state index in [1.165, 1.54) is 0 Å². The Bertz CT molecular complexity index is 1120. The van der Waals surface area contributed by atoms with Crippen molar-refractivity contribution < 1.29 is 39.9 Å². The second-order valence-electron chi connectivity index (χ2n) is 6.74. The number of alkyl carbamates (subject to hydrolysis) is 1. The summed E-state index contributed by atoms with van der Waals surface area (Å²) in [5.41, 5.74) is -5.41. The zero-order chi connectivity index (χ0) is 24.2. The Morgan fingerprint density at radius 1 is 1.06 bits per heavy atom. The van der Waals surface area contributed by atoms with Crippen molar-refractivity contribution >= 4 is 28.1 Å². The first-order valence-electron chi connectivity index (χ1n) is 9.31. The number of ether oxygens (including phenoxy) is 1. The maximum absolute atomic E-state index is 14.5. The summed E-state index contributed by atoms with van der Waals surface area (Å²) in [6.45, 7) is -1.51. The molecular weight excluding hydrogens is 475 g/mol. The first kappa shape index (κ1) is 24.2. The first-order chi connectivity index (χ1) is 15.5. The van der Waals surface area contributed by atoms with Crippen molar-refractivity contribution in [2.75, 3.05) is 18.1 Å². The van der Waals surface area contributed by atoms with Crippen LogP contribution in [-0.2, 0) is 27.9 Å². The van der Waals surface area contributed by atoms with Gasteiger partial charge in [0.2, 0.25) is 0 Å². The normalized spacial score (nSPS) is 14.3. The summed E-state index contributed by atoms with van der Waals surface area (Å²) in [6, 6.07) is 10.6. The second-order valence-corrected chi connectivity index (χ2v) is 8.62. The fraction of sp³-hybridized carbons (Fsp3) is 0.263. The van der Waals surface area contributed by atoms with Crippen LogP contribution in [0.25, 0.3) is 0 Å². The Hall–Kier alpha value is -3.42. The van der Waals surface area contributed by atoms with Gasteiger partial charge in [-0.15, -0.1) is 0 Å². The van der Waals surface area contributed by atoms with Gasteiger partial charge in [0.1, 0.15) is 18.6 Å². The summed E-state index contributed by atoms with van der Waals surface area (Å²) in [5, 5.41) is 6.47. The Balaban J connectivity index is 1.62. The molecule has 2 aromatic rings. The Morgan fingerprint density at radius 3 is 2.24 bits per heavy atom. The van der Waals surface area contributed by atoms with Crippen molar-refractivity contribution in [1.29, 1.82) is 0 Å². The molecule has 1 N–H and O–H groups in total. The first-order valence-corrected chi connectivity index (χ1v) is 10.8. The third-order valence-electron chi connectivity index (χ3n) is 4.44. The summed E-state index contributed by atoms with van der Waals surface area (Å²) in [5.74, 6) is -2.21. The average molecular weight is 492 g/mol. The number of benzene rings is 2. The van der Waals surface area contributed by atoms with Crippen molar-refractivity contribution in [3.63, 3.8) is 0 Å².